The average molecular weight is 321 g/mol. The Balaban J connectivity index is 1.64. The molecule has 0 aliphatic carbocycles. The van der Waals surface area contributed by atoms with Crippen molar-refractivity contribution < 1.29 is 4.79 Å². The van der Waals surface area contributed by atoms with Crippen LogP contribution >= 0.6 is 0 Å². The first kappa shape index (κ1) is 16.2. The highest BCUT2D eigenvalue weighted by atomic mass is 16.1. The Bertz CT molecular complexity index is 723. The molecule has 1 N–H and O–H groups in total. The van der Waals surface area contributed by atoms with E-state index < -0.39 is 0 Å². The lowest BCUT2D eigenvalue weighted by molar-refractivity contribution is 0.0891. The summed E-state index contributed by atoms with van der Waals surface area (Å²) in [5, 5.41) is 9.88. The first-order valence-corrected chi connectivity index (χ1v) is 8.30. The molecule has 1 heterocycles. The van der Waals surface area contributed by atoms with Gasteiger partial charge < -0.3 is 5.32 Å². The van der Waals surface area contributed by atoms with Crippen molar-refractivity contribution >= 4 is 11.6 Å². The van der Waals surface area contributed by atoms with Crippen molar-refractivity contribution in [1.82, 2.24) is 10.3 Å². The third kappa shape index (κ3) is 3.65. The highest BCUT2D eigenvalue weighted by Gasteiger charge is 2.30. The van der Waals surface area contributed by atoms with Gasteiger partial charge in [0.15, 0.2) is 0 Å². The van der Waals surface area contributed by atoms with Gasteiger partial charge in [-0.2, -0.15) is 5.10 Å². The quantitative estimate of drug-likeness (QED) is 0.918. The van der Waals surface area contributed by atoms with Crippen molar-refractivity contribution in [1.29, 1.82) is 0 Å². The van der Waals surface area contributed by atoms with Gasteiger partial charge in [0.1, 0.15) is 0 Å². The van der Waals surface area contributed by atoms with Crippen molar-refractivity contribution in [2.75, 3.05) is 13.1 Å². The van der Waals surface area contributed by atoms with Crippen LogP contribution < -0.4 is 5.32 Å². The Hall–Kier alpha value is -2.62. The molecule has 1 aliphatic heterocycles. The second kappa shape index (κ2) is 6.87. The van der Waals surface area contributed by atoms with Gasteiger partial charge in [-0.05, 0) is 31.5 Å². The lowest BCUT2D eigenvalue weighted by atomic mass is 10.0. The maximum absolute atomic E-state index is 12.2. The van der Waals surface area contributed by atoms with Gasteiger partial charge in [0.2, 0.25) is 0 Å². The van der Waals surface area contributed by atoms with E-state index in [0.717, 1.165) is 18.7 Å². The van der Waals surface area contributed by atoms with E-state index in [-0.39, 0.29) is 11.4 Å². The van der Waals surface area contributed by atoms with E-state index in [1.165, 1.54) is 5.56 Å². The van der Waals surface area contributed by atoms with Crippen LogP contribution in [0.25, 0.3) is 0 Å². The first-order valence-electron chi connectivity index (χ1n) is 8.30. The molecule has 0 saturated heterocycles. The van der Waals surface area contributed by atoms with Gasteiger partial charge in [-0.1, -0.05) is 48.5 Å². The number of benzene rings is 2. The molecule has 0 saturated carbocycles. The predicted octanol–water partition coefficient (Wildman–Crippen LogP) is 3.31. The van der Waals surface area contributed by atoms with Crippen molar-refractivity contribution in [2.45, 2.75) is 25.8 Å². The zero-order chi connectivity index (χ0) is 17.0. The Morgan fingerprint density at radius 1 is 1.08 bits per heavy atom. The summed E-state index contributed by atoms with van der Waals surface area (Å²) in [6.07, 6.45) is 0.931. The molecule has 0 atom stereocenters. The molecule has 24 heavy (non-hydrogen) atoms. The third-order valence-corrected chi connectivity index (χ3v) is 4.33. The van der Waals surface area contributed by atoms with E-state index in [1.807, 2.05) is 48.5 Å². The van der Waals surface area contributed by atoms with E-state index in [4.69, 9.17) is 5.10 Å². The largest absolute Gasteiger partial charge is 0.350 e. The van der Waals surface area contributed by atoms with Crippen LogP contribution in [0.2, 0.25) is 0 Å². The Morgan fingerprint density at radius 3 is 2.38 bits per heavy atom. The van der Waals surface area contributed by atoms with Crippen LogP contribution in [0.15, 0.2) is 65.8 Å². The topological polar surface area (TPSA) is 44.7 Å². The number of nitrogens with zero attached hydrogens (tertiary/aromatic N) is 2. The second-order valence-corrected chi connectivity index (χ2v) is 6.65. The number of carbonyl (C=O) groups excluding carboxylic acids is 1. The molecule has 1 aliphatic rings. The van der Waals surface area contributed by atoms with Gasteiger partial charge in [0.25, 0.3) is 5.91 Å². The van der Waals surface area contributed by atoms with Gasteiger partial charge in [-0.3, -0.25) is 9.80 Å². The summed E-state index contributed by atoms with van der Waals surface area (Å²) in [5.41, 5.74) is 2.73. The van der Waals surface area contributed by atoms with E-state index in [0.29, 0.717) is 12.1 Å². The Morgan fingerprint density at radius 2 is 1.71 bits per heavy atom. The summed E-state index contributed by atoms with van der Waals surface area (Å²) < 4.78 is 0. The van der Waals surface area contributed by atoms with Crippen LogP contribution in [0.5, 0.6) is 0 Å². The normalized spacial score (nSPS) is 14.4. The van der Waals surface area contributed by atoms with Crippen LogP contribution in [0.1, 0.15) is 36.2 Å². The predicted molar refractivity (Wildman–Crippen MR) is 97.2 cm³/mol. The van der Waals surface area contributed by atoms with Crippen molar-refractivity contribution in [3.8, 4) is 0 Å². The average Bonchev–Trinajstić information content (AvgIpc) is 3.12. The molecule has 124 valence electrons. The first-order chi connectivity index (χ1) is 11.6. The highest BCUT2D eigenvalue weighted by molar-refractivity contribution is 6.01. The zero-order valence-corrected chi connectivity index (χ0v) is 14.2. The second-order valence-electron chi connectivity index (χ2n) is 6.65. The smallest absolute Gasteiger partial charge is 0.251 e. The molecule has 1 amide bonds. The number of hydrogen-bond donors (Lipinski definition) is 1. The SMILES string of the molecule is CC(C)(CNC(=O)c1ccccc1)N1CCC(c2ccccc2)=N1. The molecule has 4 nitrogen and oxygen atoms in total. The number of carbonyl (C=O) groups is 1. The fourth-order valence-electron chi connectivity index (χ4n) is 2.81. The molecule has 3 rings (SSSR count). The highest BCUT2D eigenvalue weighted by Crippen LogP contribution is 2.22. The van der Waals surface area contributed by atoms with Gasteiger partial charge in [-0.15, -0.1) is 0 Å². The van der Waals surface area contributed by atoms with Gasteiger partial charge >= 0.3 is 0 Å². The summed E-state index contributed by atoms with van der Waals surface area (Å²) in [6, 6.07) is 19.6. The number of amides is 1. The maximum Gasteiger partial charge on any atom is 0.251 e. The maximum atomic E-state index is 12.2. The van der Waals surface area contributed by atoms with Gasteiger partial charge in [0.05, 0.1) is 11.3 Å². The molecule has 0 spiro atoms. The van der Waals surface area contributed by atoms with Gasteiger partial charge in [0, 0.05) is 25.1 Å². The molecule has 0 bridgehead atoms. The standard InChI is InChI=1S/C20H23N3O/c1-20(2,15-21-19(24)17-11-7-4-8-12-17)23-14-13-18(22-23)16-9-5-3-6-10-16/h3-12H,13-15H2,1-2H3,(H,21,24). The van der Waals surface area contributed by atoms with Crippen LogP contribution in [0.4, 0.5) is 0 Å². The summed E-state index contributed by atoms with van der Waals surface area (Å²) in [5.74, 6) is -0.0462. The minimum Gasteiger partial charge on any atom is -0.350 e. The minimum absolute atomic E-state index is 0.0462. The molecule has 2 aromatic carbocycles. The van der Waals surface area contributed by atoms with E-state index >= 15 is 0 Å². The molecule has 0 aromatic heterocycles. The number of nitrogens with one attached hydrogen (secondary N) is 1. The molecular formula is C20H23N3O. The van der Waals surface area contributed by atoms with Crippen LogP contribution in [-0.2, 0) is 0 Å². The molecule has 0 radical (unpaired) electrons. The number of rotatable bonds is 5. The Labute approximate surface area is 143 Å². The molecular weight excluding hydrogens is 298 g/mol. The monoisotopic (exact) mass is 321 g/mol. The van der Waals surface area contributed by atoms with Crippen molar-refractivity contribution in [2.24, 2.45) is 5.10 Å². The minimum atomic E-state index is -0.235. The molecule has 2 aromatic rings. The molecule has 4 heteroatoms. The summed E-state index contributed by atoms with van der Waals surface area (Å²) in [7, 11) is 0. The third-order valence-electron chi connectivity index (χ3n) is 4.33. The van der Waals surface area contributed by atoms with E-state index in [2.05, 4.69) is 36.3 Å². The summed E-state index contributed by atoms with van der Waals surface area (Å²) in [6.45, 7) is 5.64. The zero-order valence-electron chi connectivity index (χ0n) is 14.2. The van der Waals surface area contributed by atoms with Crippen LogP contribution in [0.3, 0.4) is 0 Å². The fourth-order valence-corrected chi connectivity index (χ4v) is 2.81. The summed E-state index contributed by atoms with van der Waals surface area (Å²) in [4.78, 5) is 12.2. The number of hydrazone groups is 1. The Kier molecular flexibility index (Phi) is 4.65. The molecule has 0 unspecified atom stereocenters. The number of hydrogen-bond acceptors (Lipinski definition) is 3. The lowest BCUT2D eigenvalue weighted by Gasteiger charge is -2.34. The van der Waals surface area contributed by atoms with E-state index in [9.17, 15) is 4.79 Å². The van der Waals surface area contributed by atoms with Crippen LogP contribution in [0, 0.1) is 0 Å². The van der Waals surface area contributed by atoms with Crippen molar-refractivity contribution in [3.63, 3.8) is 0 Å². The fraction of sp³-hybridized carbons (Fsp3) is 0.300. The molecule has 0 fully saturated rings. The van der Waals surface area contributed by atoms with E-state index in [1.54, 1.807) is 0 Å². The van der Waals surface area contributed by atoms with Crippen molar-refractivity contribution in [3.05, 3.63) is 71.8 Å². The van der Waals surface area contributed by atoms with Crippen LogP contribution in [-0.4, -0.2) is 35.3 Å². The van der Waals surface area contributed by atoms with Gasteiger partial charge in [-0.25, -0.2) is 0 Å². The lowest BCUT2D eigenvalue weighted by Crippen LogP contribution is -2.48. The summed E-state index contributed by atoms with van der Waals surface area (Å²) >= 11 is 0.